The van der Waals surface area contributed by atoms with Crippen LogP contribution in [0.25, 0.3) is 10.1 Å². The number of nitrogens with one attached hydrogen (secondary N) is 1. The zero-order chi connectivity index (χ0) is 13.4. The Hall–Kier alpha value is -1.46. The lowest BCUT2D eigenvalue weighted by Gasteiger charge is -2.23. The summed E-state index contributed by atoms with van der Waals surface area (Å²) in [4.78, 5) is 11.8. The van der Waals surface area contributed by atoms with Crippen molar-refractivity contribution in [1.29, 1.82) is 0 Å². The van der Waals surface area contributed by atoms with Crippen LogP contribution in [0.15, 0.2) is 18.2 Å². The van der Waals surface area contributed by atoms with Crippen LogP contribution in [0.2, 0.25) is 0 Å². The number of carbonyl (C=O) groups is 1. The minimum absolute atomic E-state index is 0.256. The van der Waals surface area contributed by atoms with E-state index in [1.54, 1.807) is 6.07 Å². The Morgan fingerprint density at radius 3 is 2.79 bits per heavy atom. The van der Waals surface area contributed by atoms with Gasteiger partial charge in [0.05, 0.1) is 0 Å². The fourth-order valence-electron chi connectivity index (χ4n) is 2.77. The molecule has 19 heavy (non-hydrogen) atoms. The van der Waals surface area contributed by atoms with E-state index in [4.69, 9.17) is 0 Å². The van der Waals surface area contributed by atoms with Gasteiger partial charge >= 0.3 is 5.97 Å². The van der Waals surface area contributed by atoms with Crippen LogP contribution < -0.4 is 5.32 Å². The van der Waals surface area contributed by atoms with E-state index in [0.29, 0.717) is 4.88 Å². The smallest absolute Gasteiger partial charge is 0.346 e. The Labute approximate surface area is 114 Å². The van der Waals surface area contributed by atoms with Crippen molar-refractivity contribution in [3.05, 3.63) is 34.5 Å². The Kier molecular flexibility index (Phi) is 3.24. The number of benzene rings is 1. The van der Waals surface area contributed by atoms with Crippen molar-refractivity contribution >= 4 is 27.4 Å². The number of rotatable bonds is 2. The van der Waals surface area contributed by atoms with Crippen molar-refractivity contribution in [3.8, 4) is 0 Å². The number of hydrogen-bond donors (Lipinski definition) is 2. The molecule has 3 rings (SSSR count). The van der Waals surface area contributed by atoms with E-state index in [-0.39, 0.29) is 11.7 Å². The maximum absolute atomic E-state index is 13.3. The summed E-state index contributed by atoms with van der Waals surface area (Å²) in [5.41, 5.74) is 0.897. The van der Waals surface area contributed by atoms with Crippen LogP contribution in [0.4, 0.5) is 4.39 Å². The van der Waals surface area contributed by atoms with Gasteiger partial charge in [0.15, 0.2) is 0 Å². The summed E-state index contributed by atoms with van der Waals surface area (Å²) < 4.78 is 14.0. The molecule has 2 N–H and O–H groups in total. The highest BCUT2D eigenvalue weighted by molar-refractivity contribution is 7.21. The van der Waals surface area contributed by atoms with Gasteiger partial charge in [-0.3, -0.25) is 0 Å². The maximum Gasteiger partial charge on any atom is 0.346 e. The monoisotopic (exact) mass is 279 g/mol. The third-order valence-corrected chi connectivity index (χ3v) is 4.79. The molecule has 0 radical (unpaired) electrons. The van der Waals surface area contributed by atoms with Gasteiger partial charge in [0.2, 0.25) is 0 Å². The first kappa shape index (κ1) is 12.6. The summed E-state index contributed by atoms with van der Waals surface area (Å²) in [7, 11) is 0. The Morgan fingerprint density at radius 2 is 2.11 bits per heavy atom. The second kappa shape index (κ2) is 4.90. The first-order valence-corrected chi connectivity index (χ1v) is 7.14. The number of carboxylic acids is 1. The molecule has 100 valence electrons. The third-order valence-electron chi connectivity index (χ3n) is 3.63. The first-order chi connectivity index (χ1) is 9.16. The van der Waals surface area contributed by atoms with Crippen LogP contribution in [0.1, 0.15) is 34.0 Å². The number of aromatic carboxylic acids is 1. The molecule has 2 aromatic rings. The largest absolute Gasteiger partial charge is 0.477 e. The van der Waals surface area contributed by atoms with Crippen molar-refractivity contribution in [2.75, 3.05) is 13.1 Å². The average Bonchev–Trinajstić information content (AvgIpc) is 2.78. The highest BCUT2D eigenvalue weighted by Gasteiger charge is 2.26. The molecular formula is C14H14FNO2S. The molecule has 2 heterocycles. The minimum atomic E-state index is -0.907. The summed E-state index contributed by atoms with van der Waals surface area (Å²) in [5.74, 6) is -0.968. The summed E-state index contributed by atoms with van der Waals surface area (Å²) >= 11 is 1.18. The number of fused-ring (bicyclic) bond motifs is 1. The number of hydrogen-bond acceptors (Lipinski definition) is 3. The van der Waals surface area contributed by atoms with Crippen LogP contribution >= 0.6 is 11.3 Å². The van der Waals surface area contributed by atoms with Crippen LogP contribution in [0.5, 0.6) is 0 Å². The van der Waals surface area contributed by atoms with E-state index < -0.39 is 5.97 Å². The molecule has 1 aromatic heterocycles. The predicted molar refractivity (Wildman–Crippen MR) is 73.6 cm³/mol. The highest BCUT2D eigenvalue weighted by Crippen LogP contribution is 2.39. The molecule has 3 nitrogen and oxygen atoms in total. The SMILES string of the molecule is O=C(O)c1sc2cc(F)ccc2c1C1CCNCC1. The van der Waals surface area contributed by atoms with E-state index in [9.17, 15) is 14.3 Å². The van der Waals surface area contributed by atoms with Gasteiger partial charge in [-0.15, -0.1) is 11.3 Å². The first-order valence-electron chi connectivity index (χ1n) is 6.33. The molecule has 0 aliphatic carbocycles. The normalized spacial score (nSPS) is 16.9. The Morgan fingerprint density at radius 1 is 1.37 bits per heavy atom. The molecule has 0 saturated carbocycles. The van der Waals surface area contributed by atoms with Crippen molar-refractivity contribution in [2.45, 2.75) is 18.8 Å². The summed E-state index contributed by atoms with van der Waals surface area (Å²) in [6, 6.07) is 4.55. The van der Waals surface area contributed by atoms with E-state index in [1.165, 1.54) is 23.5 Å². The number of piperidine rings is 1. The molecule has 1 aliphatic heterocycles. The fourth-order valence-corrected chi connectivity index (χ4v) is 3.92. The van der Waals surface area contributed by atoms with Crippen LogP contribution in [-0.2, 0) is 0 Å². The van der Waals surface area contributed by atoms with Gasteiger partial charge in [-0.2, -0.15) is 0 Å². The van der Waals surface area contributed by atoms with E-state index in [2.05, 4.69) is 5.32 Å². The lowest BCUT2D eigenvalue weighted by Crippen LogP contribution is -2.27. The van der Waals surface area contributed by atoms with Crippen LogP contribution in [-0.4, -0.2) is 24.2 Å². The summed E-state index contributed by atoms with van der Waals surface area (Å²) in [6.07, 6.45) is 1.87. The van der Waals surface area contributed by atoms with E-state index in [1.807, 2.05) is 0 Å². The van der Waals surface area contributed by atoms with E-state index >= 15 is 0 Å². The van der Waals surface area contributed by atoms with E-state index in [0.717, 1.165) is 41.6 Å². The minimum Gasteiger partial charge on any atom is -0.477 e. The topological polar surface area (TPSA) is 49.3 Å². The van der Waals surface area contributed by atoms with Crippen molar-refractivity contribution < 1.29 is 14.3 Å². The van der Waals surface area contributed by atoms with Crippen LogP contribution in [0.3, 0.4) is 0 Å². The molecule has 1 saturated heterocycles. The molecule has 1 aliphatic rings. The molecule has 5 heteroatoms. The standard InChI is InChI=1S/C14H14FNO2S/c15-9-1-2-10-11(7-9)19-13(14(17)18)12(10)8-3-5-16-6-4-8/h1-2,7-8,16H,3-6H2,(H,17,18). The van der Waals surface area contributed by atoms with Gasteiger partial charge in [-0.25, -0.2) is 9.18 Å². The van der Waals surface area contributed by atoms with Gasteiger partial charge in [0.1, 0.15) is 10.7 Å². The van der Waals surface area contributed by atoms with Gasteiger partial charge in [-0.1, -0.05) is 6.07 Å². The molecular weight excluding hydrogens is 265 g/mol. The Bertz CT molecular complexity index is 632. The quantitative estimate of drug-likeness (QED) is 0.887. The third kappa shape index (κ3) is 2.24. The fraction of sp³-hybridized carbons (Fsp3) is 0.357. The number of thiophene rings is 1. The summed E-state index contributed by atoms with van der Waals surface area (Å²) in [6.45, 7) is 1.81. The predicted octanol–water partition coefficient (Wildman–Crippen LogP) is 3.21. The van der Waals surface area contributed by atoms with Crippen molar-refractivity contribution in [2.24, 2.45) is 0 Å². The molecule has 1 fully saturated rings. The second-order valence-corrected chi connectivity index (χ2v) is 5.87. The maximum atomic E-state index is 13.3. The molecule has 0 unspecified atom stereocenters. The van der Waals surface area contributed by atoms with Gasteiger partial charge in [0, 0.05) is 4.70 Å². The van der Waals surface area contributed by atoms with Crippen molar-refractivity contribution in [1.82, 2.24) is 5.32 Å². The average molecular weight is 279 g/mol. The second-order valence-electron chi connectivity index (χ2n) is 4.81. The van der Waals surface area contributed by atoms with Gasteiger partial charge in [-0.05, 0) is 54.9 Å². The van der Waals surface area contributed by atoms with Crippen LogP contribution in [0, 0.1) is 5.82 Å². The molecule has 0 atom stereocenters. The number of carboxylic acid groups (broad SMARTS) is 1. The Balaban J connectivity index is 2.18. The molecule has 0 bridgehead atoms. The van der Waals surface area contributed by atoms with Crippen molar-refractivity contribution in [3.63, 3.8) is 0 Å². The molecule has 0 amide bonds. The molecule has 0 spiro atoms. The zero-order valence-corrected chi connectivity index (χ0v) is 11.1. The lowest BCUT2D eigenvalue weighted by molar-refractivity contribution is 0.0700. The lowest BCUT2D eigenvalue weighted by atomic mass is 9.88. The zero-order valence-electron chi connectivity index (χ0n) is 10.3. The van der Waals surface area contributed by atoms with Gasteiger partial charge in [0.25, 0.3) is 0 Å². The highest BCUT2D eigenvalue weighted by atomic mass is 32.1. The molecule has 1 aromatic carbocycles. The van der Waals surface area contributed by atoms with Gasteiger partial charge < -0.3 is 10.4 Å². The number of halogens is 1. The summed E-state index contributed by atoms with van der Waals surface area (Å²) in [5, 5.41) is 13.5.